The summed E-state index contributed by atoms with van der Waals surface area (Å²) < 4.78 is 42.5. The monoisotopic (exact) mass is 271 g/mol. The van der Waals surface area contributed by atoms with Crippen LogP contribution in [0.4, 0.5) is 13.2 Å². The summed E-state index contributed by atoms with van der Waals surface area (Å²) >= 11 is 0. The Morgan fingerprint density at radius 1 is 1.37 bits per heavy atom. The van der Waals surface area contributed by atoms with Gasteiger partial charge < -0.3 is 9.63 Å². The van der Waals surface area contributed by atoms with Crippen molar-refractivity contribution in [3.63, 3.8) is 0 Å². The third-order valence-corrected chi connectivity index (χ3v) is 2.46. The Kier molecular flexibility index (Phi) is 3.28. The Morgan fingerprint density at radius 2 is 2.11 bits per heavy atom. The number of benzene rings is 1. The molecule has 0 fully saturated rings. The molecule has 2 aromatic rings. The fourth-order valence-corrected chi connectivity index (χ4v) is 1.63. The van der Waals surface area contributed by atoms with Crippen LogP contribution in [0.15, 0.2) is 35.0 Å². The molecule has 0 saturated heterocycles. The van der Waals surface area contributed by atoms with E-state index in [0.29, 0.717) is 0 Å². The SMILES string of the molecule is O=C(O)Cc1oncc1-c1cccc(C(F)(F)F)c1. The van der Waals surface area contributed by atoms with Gasteiger partial charge in [-0.15, -0.1) is 0 Å². The van der Waals surface area contributed by atoms with Crippen LogP contribution in [0.2, 0.25) is 0 Å². The highest BCUT2D eigenvalue weighted by molar-refractivity contribution is 5.74. The standard InChI is InChI=1S/C12H8F3NO3/c13-12(14,15)8-3-1-2-7(4-8)9-6-16-19-10(9)5-11(17)18/h1-4,6H,5H2,(H,17,18). The lowest BCUT2D eigenvalue weighted by Gasteiger charge is -2.08. The molecule has 1 heterocycles. The average Bonchev–Trinajstić information content (AvgIpc) is 2.75. The molecule has 0 spiro atoms. The van der Waals surface area contributed by atoms with Gasteiger partial charge in [-0.05, 0) is 17.7 Å². The van der Waals surface area contributed by atoms with Gasteiger partial charge in [0.1, 0.15) is 6.42 Å². The highest BCUT2D eigenvalue weighted by Crippen LogP contribution is 2.33. The largest absolute Gasteiger partial charge is 0.481 e. The van der Waals surface area contributed by atoms with Crippen molar-refractivity contribution in [3.8, 4) is 11.1 Å². The summed E-state index contributed by atoms with van der Waals surface area (Å²) in [6.07, 6.45) is -3.69. The molecule has 0 atom stereocenters. The molecule has 7 heteroatoms. The molecule has 0 saturated carbocycles. The molecule has 4 nitrogen and oxygen atoms in total. The molecule has 1 aromatic carbocycles. The van der Waals surface area contributed by atoms with Gasteiger partial charge in [0.15, 0.2) is 5.76 Å². The number of alkyl halides is 3. The average molecular weight is 271 g/mol. The van der Waals surface area contributed by atoms with E-state index in [1.807, 2.05) is 0 Å². The van der Waals surface area contributed by atoms with Crippen molar-refractivity contribution in [3.05, 3.63) is 41.8 Å². The number of hydrogen-bond acceptors (Lipinski definition) is 3. The topological polar surface area (TPSA) is 63.3 Å². The Morgan fingerprint density at radius 3 is 2.74 bits per heavy atom. The number of carbonyl (C=O) groups is 1. The van der Waals surface area contributed by atoms with E-state index in [1.165, 1.54) is 18.3 Å². The quantitative estimate of drug-likeness (QED) is 0.932. The van der Waals surface area contributed by atoms with Crippen LogP contribution in [0.1, 0.15) is 11.3 Å². The molecule has 1 N–H and O–H groups in total. The number of aromatic nitrogens is 1. The summed E-state index contributed by atoms with van der Waals surface area (Å²) in [4.78, 5) is 10.6. The minimum absolute atomic E-state index is 0.0202. The summed E-state index contributed by atoms with van der Waals surface area (Å²) in [6, 6.07) is 4.55. The lowest BCUT2D eigenvalue weighted by Crippen LogP contribution is -2.05. The Hall–Kier alpha value is -2.31. The highest BCUT2D eigenvalue weighted by Gasteiger charge is 2.30. The molecule has 100 valence electrons. The first kappa shape index (κ1) is 13.1. The van der Waals surface area contributed by atoms with Gasteiger partial charge in [0.05, 0.1) is 11.8 Å². The third-order valence-electron chi connectivity index (χ3n) is 2.46. The summed E-state index contributed by atoms with van der Waals surface area (Å²) in [5, 5.41) is 12.1. The first-order valence-electron chi connectivity index (χ1n) is 5.21. The lowest BCUT2D eigenvalue weighted by molar-refractivity contribution is -0.138. The Balaban J connectivity index is 2.42. The van der Waals surface area contributed by atoms with Crippen LogP contribution < -0.4 is 0 Å². The number of nitrogens with zero attached hydrogens (tertiary/aromatic N) is 1. The van der Waals surface area contributed by atoms with E-state index in [0.717, 1.165) is 12.1 Å². The number of carboxylic acids is 1. The smallest absolute Gasteiger partial charge is 0.416 e. The number of rotatable bonds is 3. The molecule has 0 radical (unpaired) electrons. The van der Waals surface area contributed by atoms with Gasteiger partial charge in [-0.2, -0.15) is 13.2 Å². The zero-order valence-electron chi connectivity index (χ0n) is 9.44. The minimum atomic E-state index is -4.46. The fourth-order valence-electron chi connectivity index (χ4n) is 1.63. The Bertz CT molecular complexity index is 604. The molecule has 0 unspecified atom stereocenters. The van der Waals surface area contributed by atoms with E-state index >= 15 is 0 Å². The van der Waals surface area contributed by atoms with E-state index in [2.05, 4.69) is 5.16 Å². The molecule has 1 aromatic heterocycles. The first-order valence-corrected chi connectivity index (χ1v) is 5.21. The molecular weight excluding hydrogens is 263 g/mol. The molecule has 0 amide bonds. The normalized spacial score (nSPS) is 11.5. The van der Waals surface area contributed by atoms with E-state index < -0.39 is 24.1 Å². The van der Waals surface area contributed by atoms with E-state index in [9.17, 15) is 18.0 Å². The van der Waals surface area contributed by atoms with Crippen molar-refractivity contribution in [2.45, 2.75) is 12.6 Å². The van der Waals surface area contributed by atoms with Crippen LogP contribution in [-0.4, -0.2) is 16.2 Å². The van der Waals surface area contributed by atoms with Crippen molar-refractivity contribution >= 4 is 5.97 Å². The molecule has 0 bridgehead atoms. The van der Waals surface area contributed by atoms with Gasteiger partial charge in [-0.25, -0.2) is 0 Å². The summed E-state index contributed by atoms with van der Waals surface area (Å²) in [6.45, 7) is 0. The van der Waals surface area contributed by atoms with Crippen molar-refractivity contribution in [1.82, 2.24) is 5.16 Å². The molecular formula is C12H8F3NO3. The van der Waals surface area contributed by atoms with Crippen LogP contribution in [-0.2, 0) is 17.4 Å². The Labute approximate surface area is 105 Å². The van der Waals surface area contributed by atoms with Crippen molar-refractivity contribution < 1.29 is 27.6 Å². The maximum absolute atomic E-state index is 12.6. The van der Waals surface area contributed by atoms with E-state index in [-0.39, 0.29) is 16.9 Å². The maximum atomic E-state index is 12.6. The van der Waals surface area contributed by atoms with Crippen LogP contribution >= 0.6 is 0 Å². The number of carboxylic acid groups (broad SMARTS) is 1. The molecule has 0 aliphatic rings. The molecule has 0 aliphatic carbocycles. The molecule has 19 heavy (non-hydrogen) atoms. The number of hydrogen-bond donors (Lipinski definition) is 1. The van der Waals surface area contributed by atoms with Crippen LogP contribution in [0.25, 0.3) is 11.1 Å². The van der Waals surface area contributed by atoms with Crippen LogP contribution in [0.5, 0.6) is 0 Å². The lowest BCUT2D eigenvalue weighted by atomic mass is 10.0. The van der Waals surface area contributed by atoms with Gasteiger partial charge in [0, 0.05) is 5.56 Å². The predicted molar refractivity (Wildman–Crippen MR) is 58.3 cm³/mol. The zero-order chi connectivity index (χ0) is 14.0. The van der Waals surface area contributed by atoms with Crippen LogP contribution in [0, 0.1) is 0 Å². The first-order chi connectivity index (χ1) is 8.88. The van der Waals surface area contributed by atoms with Crippen molar-refractivity contribution in [1.29, 1.82) is 0 Å². The summed E-state index contributed by atoms with van der Waals surface area (Å²) in [5.41, 5.74) is -0.353. The zero-order valence-corrected chi connectivity index (χ0v) is 9.44. The molecule has 0 aliphatic heterocycles. The van der Waals surface area contributed by atoms with Gasteiger partial charge in [-0.1, -0.05) is 17.3 Å². The second kappa shape index (κ2) is 4.75. The highest BCUT2D eigenvalue weighted by atomic mass is 19.4. The molecule has 2 rings (SSSR count). The predicted octanol–water partition coefficient (Wildman–Crippen LogP) is 2.99. The van der Waals surface area contributed by atoms with Gasteiger partial charge in [-0.3, -0.25) is 4.79 Å². The summed E-state index contributed by atoms with van der Waals surface area (Å²) in [5.74, 6) is -1.13. The van der Waals surface area contributed by atoms with Gasteiger partial charge in [0.2, 0.25) is 0 Å². The van der Waals surface area contributed by atoms with Crippen molar-refractivity contribution in [2.75, 3.05) is 0 Å². The van der Waals surface area contributed by atoms with Crippen molar-refractivity contribution in [2.24, 2.45) is 0 Å². The second-order valence-electron chi connectivity index (χ2n) is 3.81. The minimum Gasteiger partial charge on any atom is -0.481 e. The maximum Gasteiger partial charge on any atom is 0.416 e. The van der Waals surface area contributed by atoms with E-state index in [4.69, 9.17) is 9.63 Å². The van der Waals surface area contributed by atoms with E-state index in [1.54, 1.807) is 0 Å². The number of halogens is 3. The van der Waals surface area contributed by atoms with Gasteiger partial charge in [0.25, 0.3) is 0 Å². The third kappa shape index (κ3) is 2.93. The number of aliphatic carboxylic acids is 1. The van der Waals surface area contributed by atoms with Gasteiger partial charge >= 0.3 is 12.1 Å². The fraction of sp³-hybridized carbons (Fsp3) is 0.167. The van der Waals surface area contributed by atoms with Crippen LogP contribution in [0.3, 0.4) is 0 Å². The second-order valence-corrected chi connectivity index (χ2v) is 3.81. The summed E-state index contributed by atoms with van der Waals surface area (Å²) in [7, 11) is 0.